The Kier molecular flexibility index (Phi) is 5.29. The van der Waals surface area contributed by atoms with E-state index in [1.54, 1.807) is 23.2 Å². The normalized spacial score (nSPS) is 14.3. The minimum atomic E-state index is -4.82. The van der Waals surface area contributed by atoms with Crippen molar-refractivity contribution in [3.63, 3.8) is 0 Å². The molecule has 0 aliphatic carbocycles. The average molecular weight is 379 g/mol. The van der Waals surface area contributed by atoms with Crippen LogP contribution < -0.4 is 15.0 Å². The molecule has 2 heterocycles. The molecule has 9 heteroatoms. The van der Waals surface area contributed by atoms with E-state index in [0.717, 1.165) is 24.1 Å². The van der Waals surface area contributed by atoms with Gasteiger partial charge in [-0.05, 0) is 42.3 Å². The second-order valence-corrected chi connectivity index (χ2v) is 5.93. The molecule has 1 aromatic heterocycles. The highest BCUT2D eigenvalue weighted by molar-refractivity contribution is 5.95. The van der Waals surface area contributed by atoms with Crippen LogP contribution in [0.1, 0.15) is 28.8 Å². The van der Waals surface area contributed by atoms with E-state index in [0.29, 0.717) is 18.8 Å². The number of aromatic nitrogens is 1. The Morgan fingerprint density at radius 3 is 2.78 bits per heavy atom. The van der Waals surface area contributed by atoms with Crippen LogP contribution in [0, 0.1) is 0 Å². The minimum absolute atomic E-state index is 0.00478. The number of carbonyl (C=O) groups excluding carboxylic acids is 2. The van der Waals surface area contributed by atoms with E-state index in [1.807, 2.05) is 0 Å². The second-order valence-electron chi connectivity index (χ2n) is 5.93. The molecule has 0 radical (unpaired) electrons. The molecule has 1 aliphatic rings. The van der Waals surface area contributed by atoms with Gasteiger partial charge in [-0.1, -0.05) is 6.07 Å². The standard InChI is InChI=1S/C18H16F3N3O3/c19-18(20,21)27-14-4-1-3-13(10-14)17(26)23-11-12-6-7-22-15(9-12)24-8-2-5-16(24)25/h1,3-4,6-7,9-10H,2,5,8,11H2,(H,23,26). The number of nitrogens with one attached hydrogen (secondary N) is 1. The Hall–Kier alpha value is -3.10. The molecule has 1 fully saturated rings. The molecular formula is C18H16F3N3O3. The quantitative estimate of drug-likeness (QED) is 0.867. The van der Waals surface area contributed by atoms with Crippen molar-refractivity contribution in [1.82, 2.24) is 10.3 Å². The summed E-state index contributed by atoms with van der Waals surface area (Å²) in [6.07, 6.45) is -2.02. The van der Waals surface area contributed by atoms with Crippen LogP contribution in [0.5, 0.6) is 5.75 Å². The van der Waals surface area contributed by atoms with Crippen LogP contribution >= 0.6 is 0 Å². The molecule has 27 heavy (non-hydrogen) atoms. The molecule has 0 unspecified atom stereocenters. The topological polar surface area (TPSA) is 71.5 Å². The van der Waals surface area contributed by atoms with E-state index in [2.05, 4.69) is 15.0 Å². The molecule has 1 saturated heterocycles. The van der Waals surface area contributed by atoms with Gasteiger partial charge < -0.3 is 10.1 Å². The lowest BCUT2D eigenvalue weighted by Gasteiger charge is -2.15. The maximum atomic E-state index is 12.3. The van der Waals surface area contributed by atoms with Crippen molar-refractivity contribution in [1.29, 1.82) is 0 Å². The maximum Gasteiger partial charge on any atom is 0.573 e. The van der Waals surface area contributed by atoms with Gasteiger partial charge in [-0.2, -0.15) is 0 Å². The van der Waals surface area contributed by atoms with E-state index in [1.165, 1.54) is 12.1 Å². The van der Waals surface area contributed by atoms with Gasteiger partial charge in [0.15, 0.2) is 0 Å². The Bertz CT molecular complexity index is 855. The van der Waals surface area contributed by atoms with Crippen LogP contribution in [0.15, 0.2) is 42.6 Å². The monoisotopic (exact) mass is 379 g/mol. The highest BCUT2D eigenvalue weighted by atomic mass is 19.4. The first-order valence-corrected chi connectivity index (χ1v) is 8.21. The number of hydrogen-bond donors (Lipinski definition) is 1. The van der Waals surface area contributed by atoms with Gasteiger partial charge in [0.05, 0.1) is 0 Å². The molecule has 2 amide bonds. The molecule has 1 aliphatic heterocycles. The van der Waals surface area contributed by atoms with Crippen molar-refractivity contribution in [3.05, 3.63) is 53.7 Å². The molecule has 0 saturated carbocycles. The van der Waals surface area contributed by atoms with E-state index in [4.69, 9.17) is 0 Å². The van der Waals surface area contributed by atoms with Gasteiger partial charge >= 0.3 is 6.36 Å². The summed E-state index contributed by atoms with van der Waals surface area (Å²) in [4.78, 5) is 29.8. The van der Waals surface area contributed by atoms with Crippen molar-refractivity contribution in [3.8, 4) is 5.75 Å². The SMILES string of the molecule is O=C(NCc1ccnc(N2CCCC2=O)c1)c1cccc(OC(F)(F)F)c1. The summed E-state index contributed by atoms with van der Waals surface area (Å²) in [6.45, 7) is 0.744. The summed E-state index contributed by atoms with van der Waals surface area (Å²) in [6, 6.07) is 8.22. The Morgan fingerprint density at radius 1 is 1.26 bits per heavy atom. The number of alkyl halides is 3. The predicted molar refractivity (Wildman–Crippen MR) is 90.1 cm³/mol. The zero-order chi connectivity index (χ0) is 19.4. The van der Waals surface area contributed by atoms with Crippen molar-refractivity contribution in [2.75, 3.05) is 11.4 Å². The first-order chi connectivity index (χ1) is 12.8. The van der Waals surface area contributed by atoms with Crippen LogP contribution in [-0.2, 0) is 11.3 Å². The number of carbonyl (C=O) groups is 2. The van der Waals surface area contributed by atoms with Crippen LogP contribution in [-0.4, -0.2) is 29.7 Å². The lowest BCUT2D eigenvalue weighted by Crippen LogP contribution is -2.26. The number of amides is 2. The number of ether oxygens (including phenoxy) is 1. The van der Waals surface area contributed by atoms with Gasteiger partial charge in [0, 0.05) is 31.3 Å². The molecular weight excluding hydrogens is 363 g/mol. The number of anilines is 1. The largest absolute Gasteiger partial charge is 0.573 e. The highest BCUT2D eigenvalue weighted by Gasteiger charge is 2.31. The summed E-state index contributed by atoms with van der Waals surface area (Å²) in [5.74, 6) is -0.484. The molecule has 1 N–H and O–H groups in total. The summed E-state index contributed by atoms with van der Waals surface area (Å²) < 4.78 is 40.7. The van der Waals surface area contributed by atoms with Gasteiger partial charge in [-0.25, -0.2) is 4.98 Å². The van der Waals surface area contributed by atoms with E-state index < -0.39 is 18.0 Å². The Labute approximate surface area is 152 Å². The second kappa shape index (κ2) is 7.65. The van der Waals surface area contributed by atoms with Crippen LogP contribution in [0.3, 0.4) is 0 Å². The summed E-state index contributed by atoms with van der Waals surface area (Å²) in [7, 11) is 0. The van der Waals surface area contributed by atoms with Crippen molar-refractivity contribution >= 4 is 17.6 Å². The highest BCUT2D eigenvalue weighted by Crippen LogP contribution is 2.23. The van der Waals surface area contributed by atoms with Gasteiger partial charge in [0.1, 0.15) is 11.6 Å². The summed E-state index contributed by atoms with van der Waals surface area (Å²) in [5.41, 5.74) is 0.761. The number of benzene rings is 1. The molecule has 3 rings (SSSR count). The first-order valence-electron chi connectivity index (χ1n) is 8.21. The molecule has 6 nitrogen and oxygen atoms in total. The van der Waals surface area contributed by atoms with Crippen LogP contribution in [0.25, 0.3) is 0 Å². The van der Waals surface area contributed by atoms with E-state index in [-0.39, 0.29) is 18.0 Å². The summed E-state index contributed by atoms with van der Waals surface area (Å²) in [5, 5.41) is 2.63. The maximum absolute atomic E-state index is 12.3. The zero-order valence-corrected chi connectivity index (χ0v) is 14.1. The minimum Gasteiger partial charge on any atom is -0.406 e. The number of hydrogen-bond acceptors (Lipinski definition) is 4. The van der Waals surface area contributed by atoms with Gasteiger partial charge in [0.2, 0.25) is 5.91 Å². The van der Waals surface area contributed by atoms with Crippen molar-refractivity contribution < 1.29 is 27.5 Å². The number of halogens is 3. The van der Waals surface area contributed by atoms with Crippen molar-refractivity contribution in [2.24, 2.45) is 0 Å². The third-order valence-electron chi connectivity index (χ3n) is 3.94. The molecule has 1 aromatic carbocycles. The molecule has 0 atom stereocenters. The van der Waals surface area contributed by atoms with Gasteiger partial charge in [-0.15, -0.1) is 13.2 Å². The van der Waals surface area contributed by atoms with Gasteiger partial charge in [0.25, 0.3) is 5.91 Å². The Balaban J connectivity index is 1.64. The molecule has 0 spiro atoms. The lowest BCUT2D eigenvalue weighted by atomic mass is 10.2. The zero-order valence-electron chi connectivity index (χ0n) is 14.1. The number of rotatable bonds is 5. The van der Waals surface area contributed by atoms with Crippen LogP contribution in [0.4, 0.5) is 19.0 Å². The molecule has 142 valence electrons. The first kappa shape index (κ1) is 18.7. The predicted octanol–water partition coefficient (Wildman–Crippen LogP) is 3.04. The smallest absolute Gasteiger partial charge is 0.406 e. The third kappa shape index (κ3) is 4.96. The third-order valence-corrected chi connectivity index (χ3v) is 3.94. The van der Waals surface area contributed by atoms with E-state index in [9.17, 15) is 22.8 Å². The average Bonchev–Trinajstić information content (AvgIpc) is 3.05. The molecule has 2 aromatic rings. The summed E-state index contributed by atoms with van der Waals surface area (Å²) >= 11 is 0. The van der Waals surface area contributed by atoms with Crippen molar-refractivity contribution in [2.45, 2.75) is 25.7 Å². The van der Waals surface area contributed by atoms with Gasteiger partial charge in [-0.3, -0.25) is 14.5 Å². The van der Waals surface area contributed by atoms with Crippen LogP contribution in [0.2, 0.25) is 0 Å². The Morgan fingerprint density at radius 2 is 2.07 bits per heavy atom. The number of pyridine rings is 1. The molecule has 0 bridgehead atoms. The lowest BCUT2D eigenvalue weighted by molar-refractivity contribution is -0.274. The fourth-order valence-corrected chi connectivity index (χ4v) is 2.73. The fourth-order valence-electron chi connectivity index (χ4n) is 2.73. The van der Waals surface area contributed by atoms with E-state index >= 15 is 0 Å². The fraction of sp³-hybridized carbons (Fsp3) is 0.278. The number of nitrogens with zero attached hydrogens (tertiary/aromatic N) is 2.